The number of rotatable bonds is 5. The molecule has 4 heterocycles. The first-order chi connectivity index (χ1) is 28.3. The second-order valence-electron chi connectivity index (χ2n) is 14.6. The molecule has 12 rings (SSSR count). The number of hydrogen-bond donors (Lipinski definition) is 0. The molecule has 8 aromatic carbocycles. The van der Waals surface area contributed by atoms with Gasteiger partial charge in [-0.1, -0.05) is 140 Å². The summed E-state index contributed by atoms with van der Waals surface area (Å²) in [6.07, 6.45) is 0. The fourth-order valence-electron chi connectivity index (χ4n) is 8.73. The molecule has 0 aliphatic heterocycles. The molecule has 0 aliphatic rings. The number of para-hydroxylation sites is 2. The third-order valence-corrected chi connectivity index (χ3v) is 12.5. The molecule has 0 atom stereocenters. The third kappa shape index (κ3) is 4.99. The predicted octanol–water partition coefficient (Wildman–Crippen LogP) is 14.0. The van der Waals surface area contributed by atoms with Gasteiger partial charge in [0.05, 0.1) is 32.3 Å². The standard InChI is InChI=1S/C52H32N4S/c1-4-15-34(16-5-1)48-32-43-50(57-48)52(54-51(53-43)35-17-6-2-7-18-35)56-46-28-26-37(31-42(46)49-39-21-11-10-14-33(39)24-29-47(49)56)36-25-27-45-41(30-36)40-22-12-13-23-44(40)55(45)38-19-8-3-9-20-38/h1-32H. The minimum absolute atomic E-state index is 0.714. The summed E-state index contributed by atoms with van der Waals surface area (Å²) < 4.78 is 5.81. The van der Waals surface area contributed by atoms with E-state index in [-0.39, 0.29) is 0 Å². The van der Waals surface area contributed by atoms with Crippen molar-refractivity contribution in [2.45, 2.75) is 0 Å². The fourth-order valence-corrected chi connectivity index (χ4v) is 9.82. The van der Waals surface area contributed by atoms with Gasteiger partial charge in [-0.25, -0.2) is 9.97 Å². The molecule has 0 N–H and O–H groups in total. The van der Waals surface area contributed by atoms with Crippen molar-refractivity contribution in [3.8, 4) is 44.5 Å². The molecule has 0 bridgehead atoms. The Balaban J connectivity index is 1.13. The van der Waals surface area contributed by atoms with Crippen molar-refractivity contribution in [2.24, 2.45) is 0 Å². The maximum absolute atomic E-state index is 5.43. The molecule has 0 radical (unpaired) electrons. The quantitative estimate of drug-likeness (QED) is 0.176. The van der Waals surface area contributed by atoms with Gasteiger partial charge in [0, 0.05) is 37.7 Å². The van der Waals surface area contributed by atoms with Crippen LogP contribution in [0, 0.1) is 0 Å². The van der Waals surface area contributed by atoms with Crippen LogP contribution >= 0.6 is 11.3 Å². The molecule has 4 nitrogen and oxygen atoms in total. The minimum Gasteiger partial charge on any atom is -0.309 e. The molecule has 0 aliphatic carbocycles. The van der Waals surface area contributed by atoms with Crippen LogP contribution < -0.4 is 0 Å². The zero-order valence-electron chi connectivity index (χ0n) is 30.7. The van der Waals surface area contributed by atoms with Crippen molar-refractivity contribution in [1.82, 2.24) is 19.1 Å². The molecule has 12 aromatic rings. The van der Waals surface area contributed by atoms with Crippen molar-refractivity contribution < 1.29 is 0 Å². The van der Waals surface area contributed by atoms with Crippen molar-refractivity contribution in [2.75, 3.05) is 0 Å². The van der Waals surface area contributed by atoms with Crippen LogP contribution in [0.25, 0.3) is 109 Å². The van der Waals surface area contributed by atoms with E-state index in [4.69, 9.17) is 9.97 Å². The minimum atomic E-state index is 0.714. The Morgan fingerprint density at radius 3 is 1.75 bits per heavy atom. The predicted molar refractivity (Wildman–Crippen MR) is 240 cm³/mol. The molecule has 5 heteroatoms. The summed E-state index contributed by atoms with van der Waals surface area (Å²) in [5.41, 5.74) is 11.3. The number of thiophene rings is 1. The number of fused-ring (bicyclic) bond motifs is 9. The average molecular weight is 745 g/mol. The van der Waals surface area contributed by atoms with Gasteiger partial charge in [0.15, 0.2) is 11.6 Å². The number of benzene rings is 8. The largest absolute Gasteiger partial charge is 0.309 e. The van der Waals surface area contributed by atoms with Gasteiger partial charge in [-0.2, -0.15) is 0 Å². The lowest BCUT2D eigenvalue weighted by Gasteiger charge is -2.11. The van der Waals surface area contributed by atoms with Gasteiger partial charge < -0.3 is 4.57 Å². The van der Waals surface area contributed by atoms with Crippen LogP contribution in [0.1, 0.15) is 0 Å². The lowest BCUT2D eigenvalue weighted by atomic mass is 9.99. The Labute approximate surface area is 332 Å². The first-order valence-corrected chi connectivity index (χ1v) is 20.1. The zero-order valence-corrected chi connectivity index (χ0v) is 31.5. The molecule has 0 saturated heterocycles. The van der Waals surface area contributed by atoms with Crippen LogP contribution in [0.4, 0.5) is 0 Å². The van der Waals surface area contributed by atoms with Gasteiger partial charge in [-0.15, -0.1) is 11.3 Å². The molecule has 0 spiro atoms. The Hall–Kier alpha value is -7.34. The van der Waals surface area contributed by atoms with Crippen LogP contribution in [0.15, 0.2) is 194 Å². The van der Waals surface area contributed by atoms with E-state index in [9.17, 15) is 0 Å². The monoisotopic (exact) mass is 744 g/mol. The van der Waals surface area contributed by atoms with Gasteiger partial charge in [0.2, 0.25) is 0 Å². The Morgan fingerprint density at radius 2 is 0.982 bits per heavy atom. The van der Waals surface area contributed by atoms with Crippen molar-refractivity contribution in [3.63, 3.8) is 0 Å². The molecule has 0 saturated carbocycles. The lowest BCUT2D eigenvalue weighted by Crippen LogP contribution is -2.01. The van der Waals surface area contributed by atoms with Gasteiger partial charge in [-0.3, -0.25) is 4.57 Å². The van der Waals surface area contributed by atoms with Crippen LogP contribution in [0.3, 0.4) is 0 Å². The Kier molecular flexibility index (Phi) is 7.06. The van der Waals surface area contributed by atoms with E-state index < -0.39 is 0 Å². The SMILES string of the molecule is c1ccc(-c2nc(-n3c4ccc(-c5ccc6c(c5)c5ccccc5n6-c5ccccc5)cc4c4c5ccccc5ccc43)c3sc(-c4ccccc4)cc3n2)cc1. The van der Waals surface area contributed by atoms with E-state index >= 15 is 0 Å². The smallest absolute Gasteiger partial charge is 0.162 e. The number of nitrogens with zero attached hydrogens (tertiary/aromatic N) is 4. The topological polar surface area (TPSA) is 35.6 Å². The van der Waals surface area contributed by atoms with E-state index in [1.165, 1.54) is 64.9 Å². The van der Waals surface area contributed by atoms with Crippen molar-refractivity contribution in [1.29, 1.82) is 0 Å². The first-order valence-electron chi connectivity index (χ1n) is 19.2. The van der Waals surface area contributed by atoms with E-state index in [0.717, 1.165) is 38.3 Å². The van der Waals surface area contributed by atoms with Crippen molar-refractivity contribution in [3.05, 3.63) is 194 Å². The van der Waals surface area contributed by atoms with E-state index in [1.54, 1.807) is 11.3 Å². The lowest BCUT2D eigenvalue weighted by molar-refractivity contribution is 1.08. The second kappa shape index (κ2) is 12.6. The molecular weight excluding hydrogens is 713 g/mol. The van der Waals surface area contributed by atoms with Crippen molar-refractivity contribution >= 4 is 75.9 Å². The maximum Gasteiger partial charge on any atom is 0.162 e. The van der Waals surface area contributed by atoms with E-state index in [2.05, 4.69) is 197 Å². The second-order valence-corrected chi connectivity index (χ2v) is 15.6. The third-order valence-electron chi connectivity index (χ3n) is 11.3. The molecule has 266 valence electrons. The number of hydrogen-bond acceptors (Lipinski definition) is 3. The summed E-state index contributed by atoms with van der Waals surface area (Å²) in [7, 11) is 0. The highest BCUT2D eigenvalue weighted by atomic mass is 32.1. The molecule has 0 fully saturated rings. The summed E-state index contributed by atoms with van der Waals surface area (Å²) in [4.78, 5) is 11.8. The van der Waals surface area contributed by atoms with Gasteiger partial charge in [0.1, 0.15) is 0 Å². The first kappa shape index (κ1) is 32.0. The van der Waals surface area contributed by atoms with Crippen LogP contribution in [0.5, 0.6) is 0 Å². The van der Waals surface area contributed by atoms with Gasteiger partial charge >= 0.3 is 0 Å². The highest BCUT2D eigenvalue weighted by Gasteiger charge is 2.22. The van der Waals surface area contributed by atoms with E-state index in [1.807, 2.05) is 6.07 Å². The highest BCUT2D eigenvalue weighted by Crippen LogP contribution is 2.43. The highest BCUT2D eigenvalue weighted by molar-refractivity contribution is 7.22. The maximum atomic E-state index is 5.43. The molecule has 0 amide bonds. The van der Waals surface area contributed by atoms with Gasteiger partial charge in [-0.05, 0) is 82.1 Å². The Morgan fingerprint density at radius 1 is 0.386 bits per heavy atom. The summed E-state index contributed by atoms with van der Waals surface area (Å²) in [5.74, 6) is 1.61. The zero-order chi connectivity index (χ0) is 37.5. The summed E-state index contributed by atoms with van der Waals surface area (Å²) >= 11 is 1.75. The summed E-state index contributed by atoms with van der Waals surface area (Å²) in [6.45, 7) is 0. The molecule has 4 aromatic heterocycles. The summed E-state index contributed by atoms with van der Waals surface area (Å²) in [5, 5.41) is 7.34. The molecule has 57 heavy (non-hydrogen) atoms. The Bertz CT molecular complexity index is 3510. The van der Waals surface area contributed by atoms with Gasteiger partial charge in [0.25, 0.3) is 0 Å². The summed E-state index contributed by atoms with van der Waals surface area (Å²) in [6, 6.07) is 69.6. The molecule has 0 unspecified atom stereocenters. The fraction of sp³-hybridized carbons (Fsp3) is 0. The number of aromatic nitrogens is 4. The van der Waals surface area contributed by atoms with Crippen LogP contribution in [0.2, 0.25) is 0 Å². The van der Waals surface area contributed by atoms with Crippen LogP contribution in [-0.2, 0) is 0 Å². The average Bonchev–Trinajstić information content (AvgIpc) is 3.97. The molecular formula is C52H32N4S. The van der Waals surface area contributed by atoms with Crippen LogP contribution in [-0.4, -0.2) is 19.1 Å². The normalized spacial score (nSPS) is 11.9. The van der Waals surface area contributed by atoms with E-state index in [0.29, 0.717) is 5.82 Å².